The molecule has 0 aliphatic rings. The van der Waals surface area contributed by atoms with Gasteiger partial charge in [-0.05, 0) is 53.6 Å². The number of carbonyl (C=O) groups excluding carboxylic acids is 1. The topological polar surface area (TPSA) is 77.8 Å². The fraction of sp³-hybridized carbons (Fsp3) is 0.310. The van der Waals surface area contributed by atoms with Crippen LogP contribution in [0.25, 0.3) is 11.1 Å². The van der Waals surface area contributed by atoms with E-state index in [0.29, 0.717) is 56.2 Å². The minimum absolute atomic E-state index is 0.190. The molecule has 0 fully saturated rings. The van der Waals surface area contributed by atoms with Gasteiger partial charge in [-0.2, -0.15) is 18.4 Å². The summed E-state index contributed by atoms with van der Waals surface area (Å²) in [6, 6.07) is 17.8. The van der Waals surface area contributed by atoms with Gasteiger partial charge in [0.15, 0.2) is 0 Å². The molecule has 11 heteroatoms. The lowest BCUT2D eigenvalue weighted by Crippen LogP contribution is -2.42. The van der Waals surface area contributed by atoms with Crippen molar-refractivity contribution in [2.45, 2.75) is 6.18 Å². The number of amides is 2. The third-order valence-electron chi connectivity index (χ3n) is 6.14. The van der Waals surface area contributed by atoms with E-state index < -0.39 is 23.6 Å². The molecule has 0 atom stereocenters. The number of halogens is 4. The van der Waals surface area contributed by atoms with Gasteiger partial charge in [0.05, 0.1) is 30.4 Å². The van der Waals surface area contributed by atoms with Crippen LogP contribution in [0.1, 0.15) is 11.1 Å². The number of alkyl halides is 3. The van der Waals surface area contributed by atoms with Crippen molar-refractivity contribution in [1.82, 2.24) is 4.90 Å². The van der Waals surface area contributed by atoms with Gasteiger partial charge in [0.1, 0.15) is 5.82 Å². The number of benzene rings is 3. The summed E-state index contributed by atoms with van der Waals surface area (Å²) in [6.07, 6.45) is -4.91. The summed E-state index contributed by atoms with van der Waals surface area (Å²) < 4.78 is 63.8. The zero-order valence-corrected chi connectivity index (χ0v) is 22.2. The molecule has 0 radical (unpaired) electrons. The molecule has 3 rings (SSSR count). The normalized spacial score (nSPS) is 11.3. The number of nitrogens with one attached hydrogen (secondary N) is 1. The van der Waals surface area contributed by atoms with Gasteiger partial charge >= 0.3 is 12.2 Å². The molecule has 7 nitrogen and oxygen atoms in total. The standard InChI is InChI=1S/C29H30F4N4O3/c1-39-16-14-36(15-17-40-2)12-13-37(28(38)35-24-8-11-27(30)26(19-24)29(31,32)33)25-9-6-22(7-10-25)23-5-3-4-21(18-23)20-34/h3-11,18-19H,12-17H2,1-2H3,(H,35,38). The van der Waals surface area contributed by atoms with E-state index >= 15 is 0 Å². The van der Waals surface area contributed by atoms with Crippen LogP contribution in [0, 0.1) is 17.1 Å². The summed E-state index contributed by atoms with van der Waals surface area (Å²) in [4.78, 5) is 16.8. The van der Waals surface area contributed by atoms with Gasteiger partial charge in [0.2, 0.25) is 0 Å². The Balaban J connectivity index is 1.88. The van der Waals surface area contributed by atoms with Gasteiger partial charge in [-0.15, -0.1) is 0 Å². The lowest BCUT2D eigenvalue weighted by molar-refractivity contribution is -0.139. The number of anilines is 2. The highest BCUT2D eigenvalue weighted by Gasteiger charge is 2.34. The Bertz CT molecular complexity index is 1300. The van der Waals surface area contributed by atoms with Crippen molar-refractivity contribution in [1.29, 1.82) is 5.26 Å². The monoisotopic (exact) mass is 558 g/mol. The number of nitriles is 1. The van der Waals surface area contributed by atoms with Gasteiger partial charge in [0, 0.05) is 51.8 Å². The number of hydrogen-bond donors (Lipinski definition) is 1. The smallest absolute Gasteiger partial charge is 0.383 e. The quantitative estimate of drug-likeness (QED) is 0.275. The van der Waals surface area contributed by atoms with Gasteiger partial charge < -0.3 is 14.8 Å². The minimum Gasteiger partial charge on any atom is -0.383 e. The van der Waals surface area contributed by atoms with Crippen LogP contribution in [0.5, 0.6) is 0 Å². The average Bonchev–Trinajstić information content (AvgIpc) is 2.95. The first-order valence-corrected chi connectivity index (χ1v) is 12.4. The molecule has 0 spiro atoms. The van der Waals surface area contributed by atoms with Gasteiger partial charge in [-0.1, -0.05) is 24.3 Å². The van der Waals surface area contributed by atoms with Crippen molar-refractivity contribution >= 4 is 17.4 Å². The summed E-state index contributed by atoms with van der Waals surface area (Å²) in [5.41, 5.74) is 0.978. The van der Waals surface area contributed by atoms with Crippen molar-refractivity contribution in [3.8, 4) is 17.2 Å². The zero-order chi connectivity index (χ0) is 29.1. The van der Waals surface area contributed by atoms with Crippen LogP contribution in [-0.4, -0.2) is 64.5 Å². The van der Waals surface area contributed by atoms with Crippen molar-refractivity contribution in [3.63, 3.8) is 0 Å². The number of ether oxygens (including phenoxy) is 2. The van der Waals surface area contributed by atoms with E-state index in [4.69, 9.17) is 9.47 Å². The Labute approximate surface area is 230 Å². The Morgan fingerprint density at radius 3 is 2.17 bits per heavy atom. The van der Waals surface area contributed by atoms with Crippen molar-refractivity contribution in [3.05, 3.63) is 83.7 Å². The summed E-state index contributed by atoms with van der Waals surface area (Å²) >= 11 is 0. The number of methoxy groups -OCH3 is 2. The largest absolute Gasteiger partial charge is 0.419 e. The fourth-order valence-corrected chi connectivity index (χ4v) is 3.98. The van der Waals surface area contributed by atoms with Crippen LogP contribution >= 0.6 is 0 Å². The van der Waals surface area contributed by atoms with Crippen LogP contribution in [0.3, 0.4) is 0 Å². The predicted molar refractivity (Wildman–Crippen MR) is 145 cm³/mol. The summed E-state index contributed by atoms with van der Waals surface area (Å²) in [5, 5.41) is 11.7. The summed E-state index contributed by atoms with van der Waals surface area (Å²) in [5.74, 6) is -1.43. The predicted octanol–water partition coefficient (Wildman–Crippen LogP) is 6.02. The molecular weight excluding hydrogens is 528 g/mol. The molecule has 0 saturated heterocycles. The van der Waals surface area contributed by atoms with Gasteiger partial charge in [0.25, 0.3) is 0 Å². The molecular formula is C29H30F4N4O3. The number of hydrogen-bond acceptors (Lipinski definition) is 5. The SMILES string of the molecule is COCCN(CCOC)CCN(C(=O)Nc1ccc(F)c(C(F)(F)F)c1)c1ccc(-c2cccc(C#N)c2)cc1. The molecule has 212 valence electrons. The van der Waals surface area contributed by atoms with E-state index in [-0.39, 0.29) is 12.2 Å². The second kappa shape index (κ2) is 14.4. The minimum atomic E-state index is -4.91. The highest BCUT2D eigenvalue weighted by Crippen LogP contribution is 2.33. The Morgan fingerprint density at radius 1 is 0.900 bits per heavy atom. The number of urea groups is 1. The van der Waals surface area contributed by atoms with E-state index in [2.05, 4.69) is 11.4 Å². The van der Waals surface area contributed by atoms with E-state index in [9.17, 15) is 27.6 Å². The third kappa shape index (κ3) is 8.51. The second-order valence-corrected chi connectivity index (χ2v) is 8.84. The van der Waals surface area contributed by atoms with Crippen molar-refractivity contribution in [2.75, 3.05) is 63.8 Å². The average molecular weight is 559 g/mol. The van der Waals surface area contributed by atoms with E-state index in [0.717, 1.165) is 17.2 Å². The van der Waals surface area contributed by atoms with Crippen LogP contribution in [0.15, 0.2) is 66.7 Å². The molecule has 0 aliphatic carbocycles. The molecule has 0 unspecified atom stereocenters. The molecule has 3 aromatic rings. The first kappa shape index (κ1) is 30.6. The molecule has 0 bridgehead atoms. The Kier molecular flexibility index (Phi) is 11.0. The lowest BCUT2D eigenvalue weighted by Gasteiger charge is -2.28. The third-order valence-corrected chi connectivity index (χ3v) is 6.14. The molecule has 0 saturated carbocycles. The molecule has 0 aromatic heterocycles. The molecule has 2 amide bonds. The molecule has 1 N–H and O–H groups in total. The van der Waals surface area contributed by atoms with Crippen molar-refractivity contribution < 1.29 is 31.8 Å². The highest BCUT2D eigenvalue weighted by molar-refractivity contribution is 6.02. The van der Waals surface area contributed by atoms with E-state index in [1.807, 2.05) is 11.0 Å². The second-order valence-electron chi connectivity index (χ2n) is 8.84. The van der Waals surface area contributed by atoms with Crippen LogP contribution < -0.4 is 10.2 Å². The van der Waals surface area contributed by atoms with Crippen LogP contribution in [0.4, 0.5) is 33.7 Å². The highest BCUT2D eigenvalue weighted by atomic mass is 19.4. The lowest BCUT2D eigenvalue weighted by atomic mass is 10.0. The maximum absolute atomic E-state index is 13.8. The van der Waals surface area contributed by atoms with E-state index in [1.165, 1.54) is 4.90 Å². The number of carbonyl (C=O) groups is 1. The van der Waals surface area contributed by atoms with Gasteiger partial charge in [-0.25, -0.2) is 9.18 Å². The maximum atomic E-state index is 13.8. The number of rotatable bonds is 12. The summed E-state index contributed by atoms with van der Waals surface area (Å²) in [6.45, 7) is 2.69. The Hall–Kier alpha value is -3.98. The van der Waals surface area contributed by atoms with Crippen molar-refractivity contribution in [2.24, 2.45) is 0 Å². The maximum Gasteiger partial charge on any atom is 0.419 e. The van der Waals surface area contributed by atoms with Crippen LogP contribution in [-0.2, 0) is 15.7 Å². The Morgan fingerprint density at radius 2 is 1.57 bits per heavy atom. The molecule has 40 heavy (non-hydrogen) atoms. The zero-order valence-electron chi connectivity index (χ0n) is 22.2. The first-order valence-electron chi connectivity index (χ1n) is 12.4. The molecule has 3 aromatic carbocycles. The molecule has 0 aliphatic heterocycles. The van der Waals surface area contributed by atoms with E-state index in [1.54, 1.807) is 56.7 Å². The first-order chi connectivity index (χ1) is 19.2. The summed E-state index contributed by atoms with van der Waals surface area (Å²) in [7, 11) is 3.17. The fourth-order valence-electron chi connectivity index (χ4n) is 3.98. The molecule has 0 heterocycles. The van der Waals surface area contributed by atoms with Crippen LogP contribution in [0.2, 0.25) is 0 Å². The number of nitrogens with zero attached hydrogens (tertiary/aromatic N) is 3. The van der Waals surface area contributed by atoms with Gasteiger partial charge in [-0.3, -0.25) is 9.80 Å².